The molecule has 0 amide bonds. The van der Waals surface area contributed by atoms with Crippen molar-refractivity contribution in [1.82, 2.24) is 10.3 Å². The Labute approximate surface area is 135 Å². The molecule has 1 N–H and O–H groups in total. The molecule has 1 aliphatic rings. The fourth-order valence-corrected chi connectivity index (χ4v) is 3.93. The van der Waals surface area contributed by atoms with E-state index in [-0.39, 0.29) is 0 Å². The summed E-state index contributed by atoms with van der Waals surface area (Å²) in [6.07, 6.45) is 5.92. The molecule has 112 valence electrons. The molecule has 1 saturated carbocycles. The van der Waals surface area contributed by atoms with Crippen LogP contribution >= 0.6 is 23.1 Å². The minimum Gasteiger partial charge on any atom is -0.312 e. The third-order valence-electron chi connectivity index (χ3n) is 3.74. The molecule has 0 aliphatic heterocycles. The van der Waals surface area contributed by atoms with Crippen LogP contribution in [0.15, 0.2) is 29.2 Å². The molecule has 1 aromatic carbocycles. The summed E-state index contributed by atoms with van der Waals surface area (Å²) in [7, 11) is 0. The molecular formula is C17H22N2S2. The summed E-state index contributed by atoms with van der Waals surface area (Å²) < 4.78 is 0. The molecule has 2 nitrogen and oxygen atoms in total. The zero-order valence-corrected chi connectivity index (χ0v) is 14.3. The first kappa shape index (κ1) is 15.1. The second kappa shape index (κ2) is 6.95. The third kappa shape index (κ3) is 3.68. The van der Waals surface area contributed by atoms with Gasteiger partial charge in [-0.1, -0.05) is 19.1 Å². The second-order valence-electron chi connectivity index (χ2n) is 5.51. The van der Waals surface area contributed by atoms with Gasteiger partial charge in [0.2, 0.25) is 0 Å². The fraction of sp³-hybridized carbons (Fsp3) is 0.471. The van der Waals surface area contributed by atoms with Gasteiger partial charge in [0.1, 0.15) is 5.01 Å². The molecule has 3 rings (SSSR count). The molecule has 0 radical (unpaired) electrons. The molecule has 1 heterocycles. The van der Waals surface area contributed by atoms with Crippen LogP contribution in [0.3, 0.4) is 0 Å². The Morgan fingerprint density at radius 3 is 2.67 bits per heavy atom. The van der Waals surface area contributed by atoms with Gasteiger partial charge in [-0.05, 0) is 44.2 Å². The molecule has 1 aromatic heterocycles. The fourth-order valence-electron chi connectivity index (χ4n) is 2.40. The first-order valence-corrected chi connectivity index (χ1v) is 9.70. The third-order valence-corrected chi connectivity index (χ3v) is 5.60. The van der Waals surface area contributed by atoms with Crippen LogP contribution in [0.25, 0.3) is 10.6 Å². The van der Waals surface area contributed by atoms with Crippen LogP contribution in [-0.2, 0) is 6.54 Å². The van der Waals surface area contributed by atoms with Crippen molar-refractivity contribution in [3.8, 4) is 10.6 Å². The Balaban J connectivity index is 1.82. The number of thioether (sulfide) groups is 1. The normalized spacial score (nSPS) is 14.6. The lowest BCUT2D eigenvalue weighted by molar-refractivity contribution is 0.676. The number of benzene rings is 1. The predicted molar refractivity (Wildman–Crippen MR) is 93.3 cm³/mol. The van der Waals surface area contributed by atoms with Crippen molar-refractivity contribution in [3.05, 3.63) is 34.8 Å². The van der Waals surface area contributed by atoms with Gasteiger partial charge in [0.25, 0.3) is 0 Å². The van der Waals surface area contributed by atoms with E-state index in [1.54, 1.807) is 11.8 Å². The van der Waals surface area contributed by atoms with Gasteiger partial charge >= 0.3 is 0 Å². The summed E-state index contributed by atoms with van der Waals surface area (Å²) in [5.41, 5.74) is 2.61. The minimum absolute atomic E-state index is 0.721. The molecule has 2 aromatic rings. The highest BCUT2D eigenvalue weighted by molar-refractivity contribution is 7.98. The summed E-state index contributed by atoms with van der Waals surface area (Å²) in [5.74, 6) is 0.721. The Hall–Kier alpha value is -0.840. The van der Waals surface area contributed by atoms with Gasteiger partial charge in [-0.3, -0.25) is 0 Å². The lowest BCUT2D eigenvalue weighted by atomic mass is 10.2. The molecule has 4 heteroatoms. The smallest absolute Gasteiger partial charge is 0.123 e. The molecule has 0 atom stereocenters. The number of rotatable bonds is 7. The van der Waals surface area contributed by atoms with Crippen molar-refractivity contribution < 1.29 is 0 Å². The van der Waals surface area contributed by atoms with Gasteiger partial charge in [0.15, 0.2) is 0 Å². The first-order chi connectivity index (χ1) is 10.3. The van der Waals surface area contributed by atoms with E-state index in [0.717, 1.165) is 19.0 Å². The van der Waals surface area contributed by atoms with E-state index in [0.29, 0.717) is 0 Å². The lowest BCUT2D eigenvalue weighted by Gasteiger charge is -2.01. The number of nitrogens with one attached hydrogen (secondary N) is 1. The number of nitrogens with zero attached hydrogens (tertiary/aromatic N) is 1. The van der Waals surface area contributed by atoms with Crippen molar-refractivity contribution in [2.45, 2.75) is 43.5 Å². The number of hydrogen-bond acceptors (Lipinski definition) is 4. The summed E-state index contributed by atoms with van der Waals surface area (Å²) in [5, 5.41) is 4.70. The van der Waals surface area contributed by atoms with Gasteiger partial charge in [-0.2, -0.15) is 0 Å². The van der Waals surface area contributed by atoms with E-state index in [2.05, 4.69) is 42.8 Å². The van der Waals surface area contributed by atoms with Gasteiger partial charge in [0.05, 0.1) is 5.69 Å². The zero-order valence-electron chi connectivity index (χ0n) is 12.7. The van der Waals surface area contributed by atoms with Crippen LogP contribution in [0, 0.1) is 0 Å². The van der Waals surface area contributed by atoms with Gasteiger partial charge < -0.3 is 5.32 Å². The predicted octanol–water partition coefficient (Wildman–Crippen LogP) is 4.91. The minimum atomic E-state index is 0.721. The summed E-state index contributed by atoms with van der Waals surface area (Å²) >= 11 is 3.65. The molecule has 1 fully saturated rings. The van der Waals surface area contributed by atoms with Crippen LogP contribution in [0.5, 0.6) is 0 Å². The first-order valence-electron chi connectivity index (χ1n) is 7.66. The molecule has 1 aliphatic carbocycles. The van der Waals surface area contributed by atoms with Crippen LogP contribution < -0.4 is 5.32 Å². The van der Waals surface area contributed by atoms with Gasteiger partial charge in [-0.25, -0.2) is 4.98 Å². The summed E-state index contributed by atoms with van der Waals surface area (Å²) in [6, 6.07) is 8.77. The lowest BCUT2D eigenvalue weighted by Crippen LogP contribution is -2.13. The molecular weight excluding hydrogens is 296 g/mol. The monoisotopic (exact) mass is 318 g/mol. The zero-order chi connectivity index (χ0) is 14.7. The van der Waals surface area contributed by atoms with E-state index in [1.807, 2.05) is 11.3 Å². The SMILES string of the molecule is CCCNCc1sc(-c2ccc(SC)cc2)nc1C1CC1. The van der Waals surface area contributed by atoms with E-state index < -0.39 is 0 Å². The van der Waals surface area contributed by atoms with Crippen molar-refractivity contribution in [3.63, 3.8) is 0 Å². The average Bonchev–Trinajstić information content (AvgIpc) is 3.28. The maximum atomic E-state index is 4.95. The standard InChI is InChI=1S/C17H22N2S2/c1-3-10-18-11-15-16(12-4-5-12)19-17(21-15)13-6-8-14(20-2)9-7-13/h6-9,12,18H,3-5,10-11H2,1-2H3. The average molecular weight is 319 g/mol. The van der Waals surface area contributed by atoms with E-state index in [1.165, 1.54) is 45.3 Å². The van der Waals surface area contributed by atoms with E-state index >= 15 is 0 Å². The second-order valence-corrected chi connectivity index (χ2v) is 7.47. The van der Waals surface area contributed by atoms with Crippen LogP contribution in [-0.4, -0.2) is 17.8 Å². The van der Waals surface area contributed by atoms with Crippen LogP contribution in [0.1, 0.15) is 42.7 Å². The maximum absolute atomic E-state index is 4.95. The van der Waals surface area contributed by atoms with Crippen molar-refractivity contribution in [2.24, 2.45) is 0 Å². The number of hydrogen-bond donors (Lipinski definition) is 1. The maximum Gasteiger partial charge on any atom is 0.123 e. The molecule has 21 heavy (non-hydrogen) atoms. The Kier molecular flexibility index (Phi) is 4.99. The van der Waals surface area contributed by atoms with Gasteiger partial charge in [-0.15, -0.1) is 23.1 Å². The van der Waals surface area contributed by atoms with Gasteiger partial charge in [0, 0.05) is 27.8 Å². The van der Waals surface area contributed by atoms with E-state index in [9.17, 15) is 0 Å². The van der Waals surface area contributed by atoms with Crippen molar-refractivity contribution in [1.29, 1.82) is 0 Å². The number of aromatic nitrogens is 1. The molecule has 0 saturated heterocycles. The van der Waals surface area contributed by atoms with Crippen molar-refractivity contribution >= 4 is 23.1 Å². The van der Waals surface area contributed by atoms with Crippen LogP contribution in [0.4, 0.5) is 0 Å². The van der Waals surface area contributed by atoms with Crippen LogP contribution in [0.2, 0.25) is 0 Å². The summed E-state index contributed by atoms with van der Waals surface area (Å²) in [6.45, 7) is 4.26. The number of thiazole rings is 1. The Bertz CT molecular complexity index is 585. The van der Waals surface area contributed by atoms with Crippen molar-refractivity contribution in [2.75, 3.05) is 12.8 Å². The Morgan fingerprint density at radius 1 is 1.29 bits per heavy atom. The topological polar surface area (TPSA) is 24.9 Å². The summed E-state index contributed by atoms with van der Waals surface area (Å²) in [4.78, 5) is 7.70. The molecule has 0 unspecified atom stereocenters. The highest BCUT2D eigenvalue weighted by Crippen LogP contribution is 2.44. The van der Waals surface area contributed by atoms with E-state index in [4.69, 9.17) is 4.98 Å². The largest absolute Gasteiger partial charge is 0.312 e. The highest BCUT2D eigenvalue weighted by Gasteiger charge is 2.29. The molecule has 0 spiro atoms. The molecule has 0 bridgehead atoms. The Morgan fingerprint density at radius 2 is 2.05 bits per heavy atom. The quantitative estimate of drug-likeness (QED) is 0.580. The highest BCUT2D eigenvalue weighted by atomic mass is 32.2.